The van der Waals surface area contributed by atoms with Crippen molar-refractivity contribution in [3.63, 3.8) is 0 Å². The largest absolute Gasteiger partial charge is 0.384 e. The summed E-state index contributed by atoms with van der Waals surface area (Å²) in [5.74, 6) is 0.942. The minimum atomic E-state index is -3.50. The second-order valence-electron chi connectivity index (χ2n) is 5.86. The molecule has 0 aliphatic heterocycles. The van der Waals surface area contributed by atoms with Gasteiger partial charge >= 0.3 is 0 Å². The molecule has 124 valence electrons. The number of sulfonamides is 1. The summed E-state index contributed by atoms with van der Waals surface area (Å²) in [6.45, 7) is 0.681. The van der Waals surface area contributed by atoms with E-state index in [1.807, 2.05) is 0 Å². The van der Waals surface area contributed by atoms with E-state index < -0.39 is 10.0 Å². The van der Waals surface area contributed by atoms with Gasteiger partial charge in [-0.05, 0) is 32.0 Å². The fourth-order valence-electron chi connectivity index (χ4n) is 2.54. The Morgan fingerprint density at radius 1 is 1.39 bits per heavy atom. The first kappa shape index (κ1) is 16.1. The van der Waals surface area contributed by atoms with Crippen LogP contribution in [0.5, 0.6) is 0 Å². The third-order valence-corrected chi connectivity index (χ3v) is 5.49. The van der Waals surface area contributed by atoms with Crippen LogP contribution in [0.2, 0.25) is 0 Å². The minimum absolute atomic E-state index is 0.121. The SMILES string of the molecule is CNS(=O)(=O)c1cccc(-c2noc(CC3(COC)CC3)n2)c1. The molecular weight excluding hydrogens is 318 g/mol. The molecule has 1 aliphatic rings. The molecule has 8 heteroatoms. The van der Waals surface area contributed by atoms with Gasteiger partial charge in [-0.25, -0.2) is 13.1 Å². The van der Waals surface area contributed by atoms with Crippen molar-refractivity contribution in [3.8, 4) is 11.4 Å². The molecule has 0 amide bonds. The van der Waals surface area contributed by atoms with Gasteiger partial charge in [0.25, 0.3) is 0 Å². The zero-order chi connectivity index (χ0) is 16.5. The van der Waals surface area contributed by atoms with Crippen molar-refractivity contribution < 1.29 is 17.7 Å². The van der Waals surface area contributed by atoms with Crippen LogP contribution < -0.4 is 4.72 Å². The van der Waals surface area contributed by atoms with Crippen LogP contribution in [0.1, 0.15) is 18.7 Å². The molecule has 7 nitrogen and oxygen atoms in total. The summed E-state index contributed by atoms with van der Waals surface area (Å²) in [6.07, 6.45) is 2.87. The highest BCUT2D eigenvalue weighted by atomic mass is 32.2. The van der Waals surface area contributed by atoms with Crippen molar-refractivity contribution in [2.45, 2.75) is 24.2 Å². The Morgan fingerprint density at radius 3 is 2.83 bits per heavy atom. The molecule has 1 N–H and O–H groups in total. The molecule has 0 spiro atoms. The number of benzene rings is 1. The van der Waals surface area contributed by atoms with Gasteiger partial charge in [-0.15, -0.1) is 0 Å². The van der Waals surface area contributed by atoms with Gasteiger partial charge in [-0.1, -0.05) is 17.3 Å². The molecule has 23 heavy (non-hydrogen) atoms. The second kappa shape index (κ2) is 6.03. The monoisotopic (exact) mass is 337 g/mol. The lowest BCUT2D eigenvalue weighted by molar-refractivity contribution is 0.135. The van der Waals surface area contributed by atoms with Crippen molar-refractivity contribution in [3.05, 3.63) is 30.2 Å². The lowest BCUT2D eigenvalue weighted by Gasteiger charge is -2.09. The normalized spacial score (nSPS) is 16.4. The smallest absolute Gasteiger partial charge is 0.240 e. The molecule has 3 rings (SSSR count). The van der Waals surface area contributed by atoms with E-state index in [4.69, 9.17) is 9.26 Å². The maximum absolute atomic E-state index is 11.9. The Labute approximate surface area is 135 Å². The van der Waals surface area contributed by atoms with Crippen LogP contribution in [-0.4, -0.2) is 39.3 Å². The van der Waals surface area contributed by atoms with Gasteiger partial charge in [0.05, 0.1) is 11.5 Å². The predicted molar refractivity (Wildman–Crippen MR) is 83.2 cm³/mol. The summed E-state index contributed by atoms with van der Waals surface area (Å²) >= 11 is 0. The van der Waals surface area contributed by atoms with E-state index in [1.165, 1.54) is 19.2 Å². The van der Waals surface area contributed by atoms with Gasteiger partial charge in [0.2, 0.25) is 21.7 Å². The molecule has 0 saturated heterocycles. The number of ether oxygens (including phenoxy) is 1. The lowest BCUT2D eigenvalue weighted by Crippen LogP contribution is -2.18. The molecule has 0 unspecified atom stereocenters. The Kier molecular flexibility index (Phi) is 4.22. The van der Waals surface area contributed by atoms with E-state index in [0.29, 0.717) is 30.3 Å². The molecule has 1 aromatic carbocycles. The van der Waals surface area contributed by atoms with E-state index in [-0.39, 0.29) is 10.3 Å². The van der Waals surface area contributed by atoms with Crippen LogP contribution in [-0.2, 0) is 21.2 Å². The highest BCUT2D eigenvalue weighted by molar-refractivity contribution is 7.89. The maximum atomic E-state index is 11.9. The van der Waals surface area contributed by atoms with Crippen molar-refractivity contribution in [1.82, 2.24) is 14.9 Å². The third-order valence-electron chi connectivity index (χ3n) is 4.07. The first-order valence-electron chi connectivity index (χ1n) is 7.34. The average molecular weight is 337 g/mol. The van der Waals surface area contributed by atoms with Crippen LogP contribution >= 0.6 is 0 Å². The standard InChI is InChI=1S/C15H19N3O4S/c1-16-23(19,20)12-5-3-4-11(8-12)14-17-13(22-18-14)9-15(6-7-15)10-21-2/h3-5,8,16H,6-7,9-10H2,1-2H3. The molecule has 1 saturated carbocycles. The van der Waals surface area contributed by atoms with E-state index in [1.54, 1.807) is 19.2 Å². The molecule has 0 radical (unpaired) electrons. The first-order chi connectivity index (χ1) is 11.0. The maximum Gasteiger partial charge on any atom is 0.240 e. The molecule has 1 aromatic heterocycles. The molecule has 1 heterocycles. The topological polar surface area (TPSA) is 94.3 Å². The summed E-state index contributed by atoms with van der Waals surface area (Å²) in [5.41, 5.74) is 0.725. The number of hydrogen-bond acceptors (Lipinski definition) is 6. The number of hydrogen-bond donors (Lipinski definition) is 1. The Morgan fingerprint density at radius 2 is 2.17 bits per heavy atom. The van der Waals surface area contributed by atoms with Gasteiger partial charge in [-0.2, -0.15) is 4.98 Å². The Hall–Kier alpha value is -1.77. The quantitative estimate of drug-likeness (QED) is 0.825. The van der Waals surface area contributed by atoms with Gasteiger partial charge in [0.15, 0.2) is 0 Å². The van der Waals surface area contributed by atoms with Gasteiger partial charge in [-0.3, -0.25) is 0 Å². The predicted octanol–water partition coefficient (Wildman–Crippen LogP) is 1.61. The summed E-state index contributed by atoms with van der Waals surface area (Å²) in [6, 6.07) is 6.46. The van der Waals surface area contributed by atoms with Crippen molar-refractivity contribution in [2.75, 3.05) is 20.8 Å². The number of aromatic nitrogens is 2. The summed E-state index contributed by atoms with van der Waals surface area (Å²) < 4.78 is 36.6. The highest BCUT2D eigenvalue weighted by Crippen LogP contribution is 2.48. The number of methoxy groups -OCH3 is 1. The molecule has 0 bridgehead atoms. The summed E-state index contributed by atoms with van der Waals surface area (Å²) in [4.78, 5) is 4.56. The number of rotatable bonds is 7. The average Bonchev–Trinajstić information content (AvgIpc) is 3.14. The third kappa shape index (κ3) is 3.44. The van der Waals surface area contributed by atoms with Gasteiger partial charge in [0, 0.05) is 24.5 Å². The second-order valence-corrected chi connectivity index (χ2v) is 7.74. The van der Waals surface area contributed by atoms with Gasteiger partial charge in [0.1, 0.15) is 0 Å². The van der Waals surface area contributed by atoms with Crippen LogP contribution in [0.15, 0.2) is 33.7 Å². The number of nitrogens with zero attached hydrogens (tertiary/aromatic N) is 2. The summed E-state index contributed by atoms with van der Waals surface area (Å²) in [5, 5.41) is 3.97. The van der Waals surface area contributed by atoms with Crippen molar-refractivity contribution in [1.29, 1.82) is 0 Å². The molecule has 2 aromatic rings. The highest BCUT2D eigenvalue weighted by Gasteiger charge is 2.44. The molecule has 1 fully saturated rings. The van der Waals surface area contributed by atoms with E-state index >= 15 is 0 Å². The van der Waals surface area contributed by atoms with Crippen LogP contribution in [0.25, 0.3) is 11.4 Å². The van der Waals surface area contributed by atoms with Crippen LogP contribution in [0.3, 0.4) is 0 Å². The van der Waals surface area contributed by atoms with Crippen LogP contribution in [0, 0.1) is 5.41 Å². The summed E-state index contributed by atoms with van der Waals surface area (Å²) in [7, 11) is -0.439. The minimum Gasteiger partial charge on any atom is -0.384 e. The zero-order valence-corrected chi connectivity index (χ0v) is 13.9. The number of nitrogens with one attached hydrogen (secondary N) is 1. The van der Waals surface area contributed by atoms with Gasteiger partial charge < -0.3 is 9.26 Å². The first-order valence-corrected chi connectivity index (χ1v) is 8.82. The zero-order valence-electron chi connectivity index (χ0n) is 13.1. The molecule has 0 atom stereocenters. The lowest BCUT2D eigenvalue weighted by atomic mass is 10.0. The van der Waals surface area contributed by atoms with E-state index in [0.717, 1.165) is 12.8 Å². The molecule has 1 aliphatic carbocycles. The Bertz CT molecular complexity index is 797. The van der Waals surface area contributed by atoms with E-state index in [2.05, 4.69) is 14.9 Å². The Balaban J connectivity index is 1.82. The fraction of sp³-hybridized carbons (Fsp3) is 0.467. The fourth-order valence-corrected chi connectivity index (χ4v) is 3.32. The molecular formula is C15H19N3O4S. The van der Waals surface area contributed by atoms with Crippen LogP contribution in [0.4, 0.5) is 0 Å². The van der Waals surface area contributed by atoms with Crippen molar-refractivity contribution >= 4 is 10.0 Å². The van der Waals surface area contributed by atoms with Crippen molar-refractivity contribution in [2.24, 2.45) is 5.41 Å². The van der Waals surface area contributed by atoms with E-state index in [9.17, 15) is 8.42 Å².